The van der Waals surface area contributed by atoms with Gasteiger partial charge in [0.2, 0.25) is 0 Å². The van der Waals surface area contributed by atoms with E-state index >= 15 is 0 Å². The van der Waals surface area contributed by atoms with Crippen LogP contribution in [-0.2, 0) is 0 Å². The zero-order chi connectivity index (χ0) is 22.1. The van der Waals surface area contributed by atoms with Crippen LogP contribution in [0.3, 0.4) is 0 Å². The van der Waals surface area contributed by atoms with Crippen LogP contribution in [0.25, 0.3) is 0 Å². The van der Waals surface area contributed by atoms with E-state index in [9.17, 15) is 24.0 Å². The van der Waals surface area contributed by atoms with Crippen molar-refractivity contribution in [3.8, 4) is 0 Å². The number of nitrogen functional groups attached to an aromatic ring is 1. The van der Waals surface area contributed by atoms with Gasteiger partial charge in [-0.25, -0.2) is 4.79 Å². The summed E-state index contributed by atoms with van der Waals surface area (Å²) in [5.41, 5.74) is 3.04. The van der Waals surface area contributed by atoms with Gasteiger partial charge in [-0.1, -0.05) is 46.4 Å². The number of aromatic nitrogens is 2. The lowest BCUT2D eigenvalue weighted by Crippen LogP contribution is -2.40. The Kier molecular flexibility index (Phi) is 4.97. The van der Waals surface area contributed by atoms with Gasteiger partial charge in [-0.2, -0.15) is 0 Å². The largest absolute Gasteiger partial charge is 0.384 e. The second kappa shape index (κ2) is 7.12. The molecule has 1 aromatic carbocycles. The molecule has 0 bridgehead atoms. The van der Waals surface area contributed by atoms with Crippen LogP contribution in [0.4, 0.5) is 5.82 Å². The standard InChI is InChI=1S/C17H10Cl4N4O5/c18-9-7-8(10(19)12(21)11(9)20)16(29)24(15(7)28)3-5(26)6-13(22)25(4-1-2-4)17(30)23-14(6)27/h4H,1-3,22H2,(H,23,27,30). The average molecular weight is 492 g/mol. The van der Waals surface area contributed by atoms with E-state index in [-0.39, 0.29) is 43.1 Å². The van der Waals surface area contributed by atoms with E-state index < -0.39 is 41.0 Å². The molecule has 2 heterocycles. The van der Waals surface area contributed by atoms with Crippen LogP contribution in [0.1, 0.15) is 50.0 Å². The lowest BCUT2D eigenvalue weighted by atomic mass is 10.1. The quantitative estimate of drug-likeness (QED) is 0.292. The summed E-state index contributed by atoms with van der Waals surface area (Å²) in [5.74, 6) is -3.13. The van der Waals surface area contributed by atoms with Crippen LogP contribution < -0.4 is 17.0 Å². The number of imide groups is 1. The maximum Gasteiger partial charge on any atom is 0.330 e. The summed E-state index contributed by atoms with van der Waals surface area (Å²) in [7, 11) is 0. The maximum atomic E-state index is 12.8. The Balaban J connectivity index is 1.75. The van der Waals surface area contributed by atoms with Crippen molar-refractivity contribution in [1.82, 2.24) is 14.5 Å². The molecule has 0 radical (unpaired) electrons. The second-order valence-corrected chi connectivity index (χ2v) is 8.26. The lowest BCUT2D eigenvalue weighted by molar-refractivity contribution is 0.0624. The Hall–Kier alpha value is -2.33. The molecule has 0 spiro atoms. The number of nitrogens with two attached hydrogens (primary N) is 1. The van der Waals surface area contributed by atoms with Crippen molar-refractivity contribution < 1.29 is 14.4 Å². The van der Waals surface area contributed by atoms with Gasteiger partial charge in [0, 0.05) is 6.04 Å². The molecular formula is C17H10Cl4N4O5. The minimum Gasteiger partial charge on any atom is -0.384 e. The maximum absolute atomic E-state index is 12.8. The van der Waals surface area contributed by atoms with Crippen LogP contribution in [0, 0.1) is 0 Å². The van der Waals surface area contributed by atoms with Gasteiger partial charge in [0.1, 0.15) is 11.4 Å². The van der Waals surface area contributed by atoms with Gasteiger partial charge in [0.25, 0.3) is 17.4 Å². The summed E-state index contributed by atoms with van der Waals surface area (Å²) in [6.45, 7) is -0.829. The Bertz CT molecular complexity index is 1250. The number of nitrogens with zero attached hydrogens (tertiary/aromatic N) is 2. The fourth-order valence-electron chi connectivity index (χ4n) is 3.29. The smallest absolute Gasteiger partial charge is 0.330 e. The first-order valence-electron chi connectivity index (χ1n) is 8.45. The number of benzene rings is 1. The summed E-state index contributed by atoms with van der Waals surface area (Å²) in [6, 6.07) is -0.220. The Labute approximate surface area is 187 Å². The number of halogens is 4. The Morgan fingerprint density at radius 3 is 1.90 bits per heavy atom. The normalized spacial score (nSPS) is 15.7. The Morgan fingerprint density at radius 1 is 0.933 bits per heavy atom. The highest BCUT2D eigenvalue weighted by Gasteiger charge is 2.43. The van der Waals surface area contributed by atoms with Crippen LogP contribution in [0.2, 0.25) is 20.1 Å². The first kappa shape index (κ1) is 20.9. The van der Waals surface area contributed by atoms with Crippen molar-refractivity contribution in [3.63, 3.8) is 0 Å². The second-order valence-electron chi connectivity index (χ2n) is 6.75. The summed E-state index contributed by atoms with van der Waals surface area (Å²) < 4.78 is 1.12. The summed E-state index contributed by atoms with van der Waals surface area (Å²) >= 11 is 24.0. The van der Waals surface area contributed by atoms with E-state index in [4.69, 9.17) is 52.1 Å². The molecule has 1 aliphatic heterocycles. The van der Waals surface area contributed by atoms with Crippen LogP contribution in [-0.4, -0.2) is 38.6 Å². The van der Waals surface area contributed by atoms with Crippen molar-refractivity contribution in [2.75, 3.05) is 12.3 Å². The van der Waals surface area contributed by atoms with E-state index in [1.54, 1.807) is 0 Å². The number of fused-ring (bicyclic) bond motifs is 1. The minimum absolute atomic E-state index is 0.214. The van der Waals surface area contributed by atoms with Gasteiger partial charge in [-0.05, 0) is 12.8 Å². The number of carbonyl (C=O) groups is 3. The third-order valence-electron chi connectivity index (χ3n) is 4.86. The molecule has 1 aromatic heterocycles. The molecule has 2 aliphatic rings. The van der Waals surface area contributed by atoms with Crippen molar-refractivity contribution in [2.24, 2.45) is 0 Å². The fraction of sp³-hybridized carbons (Fsp3) is 0.235. The molecule has 13 heteroatoms. The number of Topliss-reactive ketones (excluding diaryl/α,β-unsaturated/α-hetero) is 1. The molecule has 9 nitrogen and oxygen atoms in total. The van der Waals surface area contributed by atoms with Gasteiger partial charge in [0.05, 0.1) is 37.8 Å². The number of H-pyrrole nitrogens is 1. The first-order valence-corrected chi connectivity index (χ1v) is 9.97. The number of hydrogen-bond donors (Lipinski definition) is 2. The molecule has 30 heavy (non-hydrogen) atoms. The minimum atomic E-state index is -1.02. The molecule has 1 aliphatic carbocycles. The van der Waals surface area contributed by atoms with E-state index in [1.165, 1.54) is 0 Å². The van der Waals surface area contributed by atoms with Gasteiger partial charge < -0.3 is 5.73 Å². The average Bonchev–Trinajstić information content (AvgIpc) is 3.46. The molecule has 0 saturated heterocycles. The van der Waals surface area contributed by atoms with Crippen molar-refractivity contribution in [3.05, 3.63) is 57.6 Å². The van der Waals surface area contributed by atoms with E-state index in [1.807, 2.05) is 4.98 Å². The van der Waals surface area contributed by atoms with Gasteiger partial charge in [-0.3, -0.25) is 33.6 Å². The Morgan fingerprint density at radius 2 is 1.43 bits per heavy atom. The van der Waals surface area contributed by atoms with Crippen molar-refractivity contribution in [2.45, 2.75) is 18.9 Å². The molecule has 156 valence electrons. The zero-order valence-electron chi connectivity index (χ0n) is 14.7. The molecule has 2 amide bonds. The number of hydrogen-bond acceptors (Lipinski definition) is 6. The zero-order valence-corrected chi connectivity index (χ0v) is 17.7. The van der Waals surface area contributed by atoms with Gasteiger partial charge in [0.15, 0.2) is 5.78 Å². The van der Waals surface area contributed by atoms with Crippen molar-refractivity contribution >= 4 is 69.8 Å². The number of rotatable bonds is 4. The molecule has 0 unspecified atom stereocenters. The molecule has 1 saturated carbocycles. The highest BCUT2D eigenvalue weighted by Crippen LogP contribution is 2.44. The number of ketones is 1. The van der Waals surface area contributed by atoms with E-state index in [2.05, 4.69) is 0 Å². The van der Waals surface area contributed by atoms with Crippen LogP contribution >= 0.6 is 46.4 Å². The van der Waals surface area contributed by atoms with Crippen LogP contribution in [0.5, 0.6) is 0 Å². The van der Waals surface area contributed by atoms with E-state index in [0.717, 1.165) is 4.57 Å². The fourth-order valence-corrected chi connectivity index (χ4v) is 4.31. The summed E-state index contributed by atoms with van der Waals surface area (Å²) in [5, 5.41) is -0.995. The number of aromatic amines is 1. The number of carbonyl (C=O) groups excluding carboxylic acids is 3. The third-order valence-corrected chi connectivity index (χ3v) is 6.66. The monoisotopic (exact) mass is 490 g/mol. The number of amides is 2. The first-order chi connectivity index (χ1) is 14.1. The number of nitrogens with one attached hydrogen (secondary N) is 1. The third kappa shape index (κ3) is 2.96. The number of anilines is 1. The van der Waals surface area contributed by atoms with Gasteiger partial charge in [-0.15, -0.1) is 0 Å². The van der Waals surface area contributed by atoms with Gasteiger partial charge >= 0.3 is 5.69 Å². The van der Waals surface area contributed by atoms with E-state index in [0.29, 0.717) is 17.7 Å². The predicted molar refractivity (Wildman–Crippen MR) is 110 cm³/mol. The molecule has 2 aromatic rings. The molecule has 0 atom stereocenters. The molecule has 3 N–H and O–H groups in total. The predicted octanol–water partition coefficient (Wildman–Crippen LogP) is 2.55. The SMILES string of the molecule is Nc1c(C(=O)CN2C(=O)c3c(Cl)c(Cl)c(Cl)c(Cl)c3C2=O)c(=O)[nH]c(=O)n1C1CC1. The van der Waals surface area contributed by atoms with Crippen molar-refractivity contribution in [1.29, 1.82) is 0 Å². The summed E-state index contributed by atoms with van der Waals surface area (Å²) in [4.78, 5) is 65.1. The molecule has 4 rings (SSSR count). The highest BCUT2D eigenvalue weighted by molar-refractivity contribution is 6.55. The van der Waals surface area contributed by atoms with Crippen LogP contribution in [0.15, 0.2) is 9.59 Å². The topological polar surface area (TPSA) is 135 Å². The lowest BCUT2D eigenvalue weighted by Gasteiger charge is -2.15. The highest BCUT2D eigenvalue weighted by atomic mass is 35.5. The molecular weight excluding hydrogens is 482 g/mol. The molecule has 1 fully saturated rings. The summed E-state index contributed by atoms with van der Waals surface area (Å²) in [6.07, 6.45) is 1.33.